The number of pyridine rings is 1. The molecule has 11 heavy (non-hydrogen) atoms. The van der Waals surface area contributed by atoms with Crippen molar-refractivity contribution in [2.75, 3.05) is 6.26 Å². The van der Waals surface area contributed by atoms with Gasteiger partial charge in [0.25, 0.3) is 0 Å². The molecule has 0 aliphatic rings. The third kappa shape index (κ3) is 2.19. The number of nitrogens with zero attached hydrogens (tertiary/aromatic N) is 1. The fraction of sp³-hybridized carbons (Fsp3) is 0.375. The summed E-state index contributed by atoms with van der Waals surface area (Å²) in [5, 5.41) is 0. The number of thioether (sulfide) groups is 1. The quantitative estimate of drug-likeness (QED) is 0.677. The minimum absolute atomic E-state index is 0.212. The highest BCUT2D eigenvalue weighted by molar-refractivity contribution is 7.97. The van der Waals surface area contributed by atoms with Crippen LogP contribution in [0.4, 0.5) is 4.39 Å². The van der Waals surface area contributed by atoms with Gasteiger partial charge < -0.3 is 0 Å². The zero-order valence-electron chi connectivity index (χ0n) is 6.60. The Morgan fingerprint density at radius 1 is 1.64 bits per heavy atom. The van der Waals surface area contributed by atoms with Crippen molar-refractivity contribution in [2.24, 2.45) is 0 Å². The van der Waals surface area contributed by atoms with E-state index in [9.17, 15) is 4.39 Å². The van der Waals surface area contributed by atoms with Gasteiger partial charge in [-0.15, -0.1) is 0 Å². The van der Waals surface area contributed by atoms with Crippen LogP contribution >= 0.6 is 11.8 Å². The SMILES string of the molecule is CSCc1cnc(C)c(F)c1. The maximum absolute atomic E-state index is 12.8. The van der Waals surface area contributed by atoms with Gasteiger partial charge in [0.1, 0.15) is 5.82 Å². The second-order valence-corrected chi connectivity index (χ2v) is 3.21. The molecule has 1 heterocycles. The van der Waals surface area contributed by atoms with Crippen molar-refractivity contribution in [3.8, 4) is 0 Å². The Morgan fingerprint density at radius 2 is 2.36 bits per heavy atom. The summed E-state index contributed by atoms with van der Waals surface area (Å²) in [6.45, 7) is 1.66. The first kappa shape index (κ1) is 8.53. The molecule has 0 saturated carbocycles. The van der Waals surface area contributed by atoms with Gasteiger partial charge in [-0.2, -0.15) is 11.8 Å². The molecule has 0 radical (unpaired) electrons. The number of aryl methyl sites for hydroxylation is 1. The molecule has 1 aromatic rings. The summed E-state index contributed by atoms with van der Waals surface area (Å²) in [5.41, 5.74) is 1.41. The van der Waals surface area contributed by atoms with Crippen molar-refractivity contribution in [1.29, 1.82) is 0 Å². The van der Waals surface area contributed by atoms with Crippen LogP contribution in [0.1, 0.15) is 11.3 Å². The molecule has 0 atom stereocenters. The zero-order chi connectivity index (χ0) is 8.27. The lowest BCUT2D eigenvalue weighted by molar-refractivity contribution is 0.608. The molecule has 0 bridgehead atoms. The van der Waals surface area contributed by atoms with Gasteiger partial charge >= 0.3 is 0 Å². The summed E-state index contributed by atoms with van der Waals surface area (Å²) < 4.78 is 12.8. The Bertz CT molecular complexity index is 250. The van der Waals surface area contributed by atoms with Gasteiger partial charge in [0.05, 0.1) is 5.69 Å². The smallest absolute Gasteiger partial charge is 0.144 e. The van der Waals surface area contributed by atoms with Gasteiger partial charge in [0, 0.05) is 11.9 Å². The number of aromatic nitrogens is 1. The predicted octanol–water partition coefficient (Wildman–Crippen LogP) is 2.39. The highest BCUT2D eigenvalue weighted by Gasteiger charge is 1.98. The van der Waals surface area contributed by atoms with Crippen LogP contribution in [0.2, 0.25) is 0 Å². The third-order valence-corrected chi connectivity index (χ3v) is 2.01. The molecule has 0 spiro atoms. The standard InChI is InChI=1S/C8H10FNS/c1-6-8(9)3-7(4-10-6)5-11-2/h3-4H,5H2,1-2H3. The molecule has 1 nitrogen and oxygen atoms in total. The largest absolute Gasteiger partial charge is 0.258 e. The zero-order valence-corrected chi connectivity index (χ0v) is 7.41. The molecule has 0 N–H and O–H groups in total. The topological polar surface area (TPSA) is 12.9 Å². The number of hydrogen-bond acceptors (Lipinski definition) is 2. The minimum Gasteiger partial charge on any atom is -0.258 e. The van der Waals surface area contributed by atoms with Crippen LogP contribution in [0.5, 0.6) is 0 Å². The summed E-state index contributed by atoms with van der Waals surface area (Å²) in [4.78, 5) is 3.91. The molecular weight excluding hydrogens is 161 g/mol. The van der Waals surface area contributed by atoms with E-state index in [0.29, 0.717) is 5.69 Å². The van der Waals surface area contributed by atoms with Gasteiger partial charge in [-0.05, 0) is 24.8 Å². The molecule has 0 aliphatic carbocycles. The van der Waals surface area contributed by atoms with Crippen molar-refractivity contribution >= 4 is 11.8 Å². The van der Waals surface area contributed by atoms with Gasteiger partial charge in [-0.3, -0.25) is 4.98 Å². The van der Waals surface area contributed by atoms with Crippen LogP contribution in [0.3, 0.4) is 0 Å². The average Bonchev–Trinajstić information content (AvgIpc) is 1.98. The second-order valence-electron chi connectivity index (χ2n) is 2.34. The van der Waals surface area contributed by atoms with E-state index in [2.05, 4.69) is 4.98 Å². The molecule has 0 fully saturated rings. The minimum atomic E-state index is -0.212. The Kier molecular flexibility index (Phi) is 2.88. The van der Waals surface area contributed by atoms with E-state index in [4.69, 9.17) is 0 Å². The fourth-order valence-corrected chi connectivity index (χ4v) is 1.28. The maximum atomic E-state index is 12.8. The monoisotopic (exact) mass is 171 g/mol. The van der Waals surface area contributed by atoms with Crippen LogP contribution in [-0.2, 0) is 5.75 Å². The molecule has 3 heteroatoms. The molecule has 0 saturated heterocycles. The maximum Gasteiger partial charge on any atom is 0.144 e. The predicted molar refractivity (Wildman–Crippen MR) is 46.2 cm³/mol. The van der Waals surface area contributed by atoms with E-state index in [1.807, 2.05) is 6.26 Å². The Balaban J connectivity index is 2.86. The van der Waals surface area contributed by atoms with E-state index in [1.165, 1.54) is 0 Å². The average molecular weight is 171 g/mol. The normalized spacial score (nSPS) is 10.1. The van der Waals surface area contributed by atoms with Gasteiger partial charge in [-0.1, -0.05) is 0 Å². The van der Waals surface area contributed by atoms with Gasteiger partial charge in [-0.25, -0.2) is 4.39 Å². The van der Waals surface area contributed by atoms with E-state index in [-0.39, 0.29) is 5.82 Å². The number of hydrogen-bond donors (Lipinski definition) is 0. The van der Waals surface area contributed by atoms with E-state index in [1.54, 1.807) is 30.9 Å². The highest BCUT2D eigenvalue weighted by atomic mass is 32.2. The molecule has 0 amide bonds. The first-order valence-corrected chi connectivity index (χ1v) is 4.73. The lowest BCUT2D eigenvalue weighted by atomic mass is 10.3. The Labute approximate surface area is 70.0 Å². The number of rotatable bonds is 2. The summed E-state index contributed by atoms with van der Waals surface area (Å²) in [5.74, 6) is 0.612. The first-order chi connectivity index (χ1) is 5.24. The van der Waals surface area contributed by atoms with Crippen molar-refractivity contribution < 1.29 is 4.39 Å². The molecular formula is C8H10FNS. The lowest BCUT2D eigenvalue weighted by Crippen LogP contribution is -1.90. The van der Waals surface area contributed by atoms with E-state index < -0.39 is 0 Å². The highest BCUT2D eigenvalue weighted by Crippen LogP contribution is 2.10. The molecule has 1 rings (SSSR count). The van der Waals surface area contributed by atoms with Crippen LogP contribution in [0.15, 0.2) is 12.3 Å². The van der Waals surface area contributed by atoms with Crippen molar-refractivity contribution in [2.45, 2.75) is 12.7 Å². The van der Waals surface area contributed by atoms with Crippen molar-refractivity contribution in [3.05, 3.63) is 29.3 Å². The van der Waals surface area contributed by atoms with E-state index >= 15 is 0 Å². The molecule has 1 aromatic heterocycles. The third-order valence-electron chi connectivity index (χ3n) is 1.39. The van der Waals surface area contributed by atoms with Crippen molar-refractivity contribution in [1.82, 2.24) is 4.98 Å². The molecule has 0 unspecified atom stereocenters. The van der Waals surface area contributed by atoms with Gasteiger partial charge in [0.15, 0.2) is 0 Å². The Hall–Kier alpha value is -0.570. The lowest BCUT2D eigenvalue weighted by Gasteiger charge is -1.99. The Morgan fingerprint density at radius 3 is 2.91 bits per heavy atom. The molecule has 0 aromatic carbocycles. The van der Waals surface area contributed by atoms with Crippen LogP contribution in [0.25, 0.3) is 0 Å². The molecule has 60 valence electrons. The van der Waals surface area contributed by atoms with Crippen molar-refractivity contribution in [3.63, 3.8) is 0 Å². The van der Waals surface area contributed by atoms with Crippen LogP contribution < -0.4 is 0 Å². The van der Waals surface area contributed by atoms with Crippen LogP contribution in [-0.4, -0.2) is 11.2 Å². The fourth-order valence-electron chi connectivity index (χ4n) is 0.791. The number of halogens is 1. The first-order valence-electron chi connectivity index (χ1n) is 3.34. The summed E-state index contributed by atoms with van der Waals surface area (Å²) in [6, 6.07) is 1.54. The summed E-state index contributed by atoms with van der Waals surface area (Å²) in [6.07, 6.45) is 3.70. The second kappa shape index (κ2) is 3.72. The summed E-state index contributed by atoms with van der Waals surface area (Å²) >= 11 is 1.66. The van der Waals surface area contributed by atoms with Gasteiger partial charge in [0.2, 0.25) is 0 Å². The van der Waals surface area contributed by atoms with Crippen LogP contribution in [0, 0.1) is 12.7 Å². The molecule has 0 aliphatic heterocycles. The summed E-state index contributed by atoms with van der Waals surface area (Å²) in [7, 11) is 0. The van der Waals surface area contributed by atoms with E-state index in [0.717, 1.165) is 11.3 Å².